The first-order valence-electron chi connectivity index (χ1n) is 8.38. The molecule has 0 heterocycles. The van der Waals surface area contributed by atoms with Gasteiger partial charge in [0.05, 0.1) is 13.0 Å². The zero-order valence-electron chi connectivity index (χ0n) is 13.5. The average Bonchev–Trinajstić information content (AvgIpc) is 2.53. The Labute approximate surface area is 133 Å². The summed E-state index contributed by atoms with van der Waals surface area (Å²) < 4.78 is 5.63. The molecular weight excluding hydrogens is 276 g/mol. The third-order valence-corrected chi connectivity index (χ3v) is 4.41. The molecule has 1 aliphatic carbocycles. The molecule has 0 bridgehead atoms. The molecule has 1 aromatic carbocycles. The van der Waals surface area contributed by atoms with E-state index in [2.05, 4.69) is 5.32 Å². The first kappa shape index (κ1) is 16.8. The molecule has 1 amide bonds. The Hall–Kier alpha value is -1.55. The number of carbonyl (C=O) groups excluding carboxylic acids is 1. The number of nitrogens with one attached hydrogen (secondary N) is 1. The molecule has 0 radical (unpaired) electrons. The SMILES string of the molecule is Cc1cccc(OCCC(=O)NC(CN)C2CCCCC2)c1. The summed E-state index contributed by atoms with van der Waals surface area (Å²) in [7, 11) is 0. The number of aryl methyl sites for hydroxylation is 1. The summed E-state index contributed by atoms with van der Waals surface area (Å²) in [5.41, 5.74) is 7.00. The van der Waals surface area contributed by atoms with Gasteiger partial charge >= 0.3 is 0 Å². The minimum atomic E-state index is 0.0358. The van der Waals surface area contributed by atoms with Crippen LogP contribution in [0.15, 0.2) is 24.3 Å². The third kappa shape index (κ3) is 5.34. The van der Waals surface area contributed by atoms with Crippen molar-refractivity contribution in [2.45, 2.75) is 51.5 Å². The Bertz CT molecular complexity index is 470. The van der Waals surface area contributed by atoms with E-state index in [-0.39, 0.29) is 11.9 Å². The van der Waals surface area contributed by atoms with E-state index in [4.69, 9.17) is 10.5 Å². The highest BCUT2D eigenvalue weighted by Gasteiger charge is 2.23. The molecule has 3 N–H and O–H groups in total. The molecule has 4 nitrogen and oxygen atoms in total. The van der Waals surface area contributed by atoms with Gasteiger partial charge in [-0.2, -0.15) is 0 Å². The van der Waals surface area contributed by atoms with Gasteiger partial charge in [0.1, 0.15) is 5.75 Å². The molecule has 1 fully saturated rings. The quantitative estimate of drug-likeness (QED) is 0.814. The minimum absolute atomic E-state index is 0.0358. The second kappa shape index (κ2) is 8.79. The number of hydrogen-bond donors (Lipinski definition) is 2. The summed E-state index contributed by atoms with van der Waals surface area (Å²) >= 11 is 0. The molecule has 22 heavy (non-hydrogen) atoms. The van der Waals surface area contributed by atoms with Crippen LogP contribution in [-0.4, -0.2) is 25.1 Å². The fourth-order valence-electron chi connectivity index (χ4n) is 3.15. The Morgan fingerprint density at radius 3 is 2.82 bits per heavy atom. The van der Waals surface area contributed by atoms with Crippen molar-refractivity contribution in [3.05, 3.63) is 29.8 Å². The lowest BCUT2D eigenvalue weighted by molar-refractivity contribution is -0.122. The van der Waals surface area contributed by atoms with E-state index in [9.17, 15) is 4.79 Å². The zero-order valence-corrected chi connectivity index (χ0v) is 13.5. The summed E-state index contributed by atoms with van der Waals surface area (Å²) in [4.78, 5) is 12.1. The molecule has 0 saturated heterocycles. The van der Waals surface area contributed by atoms with E-state index >= 15 is 0 Å². The second-order valence-electron chi connectivity index (χ2n) is 6.22. The van der Waals surface area contributed by atoms with Gasteiger partial charge in [0.15, 0.2) is 0 Å². The predicted molar refractivity (Wildman–Crippen MR) is 88.9 cm³/mol. The fraction of sp³-hybridized carbons (Fsp3) is 0.611. The van der Waals surface area contributed by atoms with Gasteiger partial charge in [0.25, 0.3) is 0 Å². The first-order chi connectivity index (χ1) is 10.7. The standard InChI is InChI=1S/C18H28N2O2/c1-14-6-5-9-16(12-14)22-11-10-18(21)20-17(13-19)15-7-3-2-4-8-15/h5-6,9,12,15,17H,2-4,7-8,10-11,13,19H2,1H3,(H,20,21). The number of nitrogens with two attached hydrogens (primary N) is 1. The first-order valence-corrected chi connectivity index (χ1v) is 8.38. The lowest BCUT2D eigenvalue weighted by atomic mass is 9.84. The smallest absolute Gasteiger partial charge is 0.223 e. The number of ether oxygens (including phenoxy) is 1. The van der Waals surface area contributed by atoms with Crippen molar-refractivity contribution in [3.63, 3.8) is 0 Å². The number of hydrogen-bond acceptors (Lipinski definition) is 3. The topological polar surface area (TPSA) is 64.3 Å². The van der Waals surface area contributed by atoms with E-state index in [1.165, 1.54) is 32.1 Å². The summed E-state index contributed by atoms with van der Waals surface area (Å²) in [6.07, 6.45) is 6.56. The highest BCUT2D eigenvalue weighted by molar-refractivity contribution is 5.76. The molecule has 0 spiro atoms. The second-order valence-corrected chi connectivity index (χ2v) is 6.22. The van der Waals surface area contributed by atoms with Crippen molar-refractivity contribution < 1.29 is 9.53 Å². The molecule has 0 aromatic heterocycles. The van der Waals surface area contributed by atoms with Crippen molar-refractivity contribution in [1.29, 1.82) is 0 Å². The van der Waals surface area contributed by atoms with Crippen molar-refractivity contribution in [1.82, 2.24) is 5.32 Å². The van der Waals surface area contributed by atoms with Gasteiger partial charge in [-0.25, -0.2) is 0 Å². The molecule has 1 unspecified atom stereocenters. The lowest BCUT2D eigenvalue weighted by Gasteiger charge is -2.30. The Morgan fingerprint density at radius 1 is 1.36 bits per heavy atom. The summed E-state index contributed by atoms with van der Waals surface area (Å²) in [5, 5.41) is 3.09. The summed E-state index contributed by atoms with van der Waals surface area (Å²) in [6, 6.07) is 7.98. The van der Waals surface area contributed by atoms with Gasteiger partial charge < -0.3 is 15.8 Å². The van der Waals surface area contributed by atoms with Gasteiger partial charge in [-0.3, -0.25) is 4.79 Å². The molecule has 1 atom stereocenters. The van der Waals surface area contributed by atoms with E-state index in [0.29, 0.717) is 25.5 Å². The lowest BCUT2D eigenvalue weighted by Crippen LogP contribution is -2.46. The molecule has 1 aromatic rings. The Kier molecular flexibility index (Phi) is 6.72. The monoisotopic (exact) mass is 304 g/mol. The molecule has 4 heteroatoms. The molecule has 122 valence electrons. The molecule has 0 aliphatic heterocycles. The zero-order chi connectivity index (χ0) is 15.8. The van der Waals surface area contributed by atoms with Crippen LogP contribution in [-0.2, 0) is 4.79 Å². The number of amides is 1. The average molecular weight is 304 g/mol. The number of rotatable bonds is 7. The van der Waals surface area contributed by atoms with Crippen LogP contribution in [0.5, 0.6) is 5.75 Å². The number of carbonyl (C=O) groups is 1. The van der Waals surface area contributed by atoms with Crippen molar-refractivity contribution >= 4 is 5.91 Å². The van der Waals surface area contributed by atoms with Crippen molar-refractivity contribution in [3.8, 4) is 5.75 Å². The molecular formula is C18H28N2O2. The predicted octanol–water partition coefficient (Wildman–Crippen LogP) is 2.79. The highest BCUT2D eigenvalue weighted by Crippen LogP contribution is 2.26. The van der Waals surface area contributed by atoms with E-state index < -0.39 is 0 Å². The van der Waals surface area contributed by atoms with E-state index in [1.807, 2.05) is 31.2 Å². The maximum absolute atomic E-state index is 12.1. The maximum Gasteiger partial charge on any atom is 0.223 e. The minimum Gasteiger partial charge on any atom is -0.493 e. The summed E-state index contributed by atoms with van der Waals surface area (Å²) in [5.74, 6) is 1.39. The van der Waals surface area contributed by atoms with Crippen molar-refractivity contribution in [2.24, 2.45) is 11.7 Å². The van der Waals surface area contributed by atoms with Gasteiger partial charge in [0, 0.05) is 12.6 Å². The van der Waals surface area contributed by atoms with Crippen LogP contribution in [0.1, 0.15) is 44.1 Å². The molecule has 1 saturated carbocycles. The van der Waals surface area contributed by atoms with E-state index in [0.717, 1.165) is 11.3 Å². The Balaban J connectivity index is 1.72. The van der Waals surface area contributed by atoms with Gasteiger partial charge in [-0.15, -0.1) is 0 Å². The van der Waals surface area contributed by atoms with Crippen LogP contribution in [0, 0.1) is 12.8 Å². The molecule has 2 rings (SSSR count). The van der Waals surface area contributed by atoms with Gasteiger partial charge in [0.2, 0.25) is 5.91 Å². The van der Waals surface area contributed by atoms with Gasteiger partial charge in [-0.05, 0) is 43.4 Å². The van der Waals surface area contributed by atoms with Crippen LogP contribution in [0.2, 0.25) is 0 Å². The van der Waals surface area contributed by atoms with Crippen LogP contribution >= 0.6 is 0 Å². The normalized spacial score (nSPS) is 17.0. The van der Waals surface area contributed by atoms with Gasteiger partial charge in [-0.1, -0.05) is 31.4 Å². The maximum atomic E-state index is 12.1. The Morgan fingerprint density at radius 2 is 2.14 bits per heavy atom. The third-order valence-electron chi connectivity index (χ3n) is 4.41. The number of benzene rings is 1. The highest BCUT2D eigenvalue weighted by atomic mass is 16.5. The summed E-state index contributed by atoms with van der Waals surface area (Å²) in [6.45, 7) is 2.95. The van der Waals surface area contributed by atoms with Crippen LogP contribution in [0.4, 0.5) is 0 Å². The van der Waals surface area contributed by atoms with E-state index in [1.54, 1.807) is 0 Å². The van der Waals surface area contributed by atoms with Crippen LogP contribution < -0.4 is 15.8 Å². The molecule has 1 aliphatic rings. The largest absolute Gasteiger partial charge is 0.493 e. The van der Waals surface area contributed by atoms with Crippen molar-refractivity contribution in [2.75, 3.05) is 13.2 Å². The van der Waals surface area contributed by atoms with Crippen LogP contribution in [0.3, 0.4) is 0 Å². The fourth-order valence-corrected chi connectivity index (χ4v) is 3.15. The van der Waals surface area contributed by atoms with Crippen LogP contribution in [0.25, 0.3) is 0 Å².